The van der Waals surface area contributed by atoms with Crippen LogP contribution in [0.5, 0.6) is 0 Å². The average molecular weight is 545 g/mol. The molecule has 0 radical (unpaired) electrons. The lowest BCUT2D eigenvalue weighted by molar-refractivity contribution is -0.132. The lowest BCUT2D eigenvalue weighted by Crippen LogP contribution is -2.57. The van der Waals surface area contributed by atoms with Crippen LogP contribution in [0.15, 0.2) is 23.2 Å². The molecule has 1 unspecified atom stereocenters. The van der Waals surface area contributed by atoms with Crippen LogP contribution in [-0.2, 0) is 23.6 Å². The third-order valence-corrected chi connectivity index (χ3v) is 9.62. The number of amides is 3. The summed E-state index contributed by atoms with van der Waals surface area (Å²) in [6, 6.07) is -1.85. The highest BCUT2D eigenvalue weighted by molar-refractivity contribution is 6.54. The van der Waals surface area contributed by atoms with Crippen LogP contribution in [0.3, 0.4) is 0 Å². The molecular formula is C28H41BFN3O6. The quantitative estimate of drug-likeness (QED) is 0.493. The molecule has 11 heteroatoms. The molecule has 0 aromatic heterocycles. The van der Waals surface area contributed by atoms with Crippen LogP contribution in [0.25, 0.3) is 0 Å². The van der Waals surface area contributed by atoms with Crippen molar-refractivity contribution in [1.82, 2.24) is 10.2 Å². The zero-order chi connectivity index (χ0) is 28.8. The summed E-state index contributed by atoms with van der Waals surface area (Å²) in [6.45, 7) is 13.1. The molecule has 6 fully saturated rings. The molecule has 3 saturated heterocycles. The number of nitrogens with two attached hydrogens (primary N) is 1. The van der Waals surface area contributed by atoms with E-state index >= 15 is 4.39 Å². The van der Waals surface area contributed by atoms with Crippen LogP contribution in [0.1, 0.15) is 87.0 Å². The van der Waals surface area contributed by atoms with E-state index in [9.17, 15) is 14.4 Å². The Hall–Kier alpha value is -2.40. The number of nitrogens with one attached hydrogen (secondary N) is 1. The van der Waals surface area contributed by atoms with Crippen molar-refractivity contribution in [3.8, 4) is 0 Å². The van der Waals surface area contributed by atoms with Crippen LogP contribution in [0, 0.1) is 5.41 Å². The summed E-state index contributed by atoms with van der Waals surface area (Å²) in [5.41, 5.74) is 4.25. The van der Waals surface area contributed by atoms with E-state index in [0.29, 0.717) is 11.0 Å². The molecule has 0 spiro atoms. The fourth-order valence-corrected chi connectivity index (χ4v) is 7.07. The first-order valence-corrected chi connectivity index (χ1v) is 13.9. The fraction of sp³-hybridized carbons (Fsp3) is 0.750. The Bertz CT molecular complexity index is 1140. The summed E-state index contributed by atoms with van der Waals surface area (Å²) in [6.07, 6.45) is 4.67. The summed E-state index contributed by atoms with van der Waals surface area (Å²) in [4.78, 5) is 40.7. The number of primary amides is 1. The molecule has 9 nitrogen and oxygen atoms in total. The van der Waals surface area contributed by atoms with Crippen LogP contribution >= 0.6 is 0 Å². The Kier molecular flexibility index (Phi) is 6.35. The van der Waals surface area contributed by atoms with E-state index in [1.807, 2.05) is 27.7 Å². The smallest absolute Gasteiger partial charge is 0.444 e. The van der Waals surface area contributed by atoms with Gasteiger partial charge in [0, 0.05) is 23.8 Å². The number of ether oxygens (including phenoxy) is 1. The lowest BCUT2D eigenvalue weighted by Gasteiger charge is -2.38. The van der Waals surface area contributed by atoms with Gasteiger partial charge >= 0.3 is 13.2 Å². The van der Waals surface area contributed by atoms with Gasteiger partial charge in [0.15, 0.2) is 0 Å². The van der Waals surface area contributed by atoms with Gasteiger partial charge in [-0.25, -0.2) is 9.18 Å². The maximum absolute atomic E-state index is 15.4. The molecule has 39 heavy (non-hydrogen) atoms. The number of fused-ring (bicyclic) bond motifs is 2. The number of carbonyl (C=O) groups is 3. The van der Waals surface area contributed by atoms with E-state index in [1.165, 1.54) is 0 Å². The minimum atomic E-state index is -1.38. The van der Waals surface area contributed by atoms with E-state index in [-0.39, 0.29) is 23.8 Å². The Morgan fingerprint density at radius 1 is 1.15 bits per heavy atom. The van der Waals surface area contributed by atoms with Crippen molar-refractivity contribution in [2.45, 2.75) is 128 Å². The molecule has 2 bridgehead atoms. The fourth-order valence-electron chi connectivity index (χ4n) is 7.07. The number of hydrogen-bond acceptors (Lipinski definition) is 6. The predicted molar refractivity (Wildman–Crippen MR) is 143 cm³/mol. The Labute approximate surface area is 230 Å². The summed E-state index contributed by atoms with van der Waals surface area (Å²) < 4.78 is 33.1. The Morgan fingerprint density at radius 2 is 1.77 bits per heavy atom. The van der Waals surface area contributed by atoms with Gasteiger partial charge in [-0.2, -0.15) is 0 Å². The highest BCUT2D eigenvalue weighted by Crippen LogP contribution is 2.73. The molecule has 3 aliphatic heterocycles. The van der Waals surface area contributed by atoms with Gasteiger partial charge in [-0.3, -0.25) is 14.5 Å². The van der Waals surface area contributed by atoms with Crippen molar-refractivity contribution in [3.05, 3.63) is 23.2 Å². The molecule has 214 valence electrons. The summed E-state index contributed by atoms with van der Waals surface area (Å²) in [5.74, 6) is -1.20. The SMILES string of the molecule is CC(C)(C)OC(=O)N1[C@H](C(=O)N[C@@H](CC2=CC=C(B3OC(C)(C)C(C)(C)O3)CC2F)C(N)=O)C23CCC1(C2)C3. The Balaban J connectivity index is 1.29. The number of piperidine rings is 1. The number of rotatable bonds is 6. The van der Waals surface area contributed by atoms with Crippen molar-refractivity contribution in [2.24, 2.45) is 11.1 Å². The molecule has 7 aliphatic rings. The highest BCUT2D eigenvalue weighted by atomic mass is 19.1. The van der Waals surface area contributed by atoms with Gasteiger partial charge < -0.3 is 25.1 Å². The van der Waals surface area contributed by atoms with Gasteiger partial charge in [0.2, 0.25) is 11.8 Å². The number of halogens is 1. The zero-order valence-electron chi connectivity index (χ0n) is 24.1. The van der Waals surface area contributed by atoms with Crippen molar-refractivity contribution >= 4 is 25.0 Å². The third kappa shape index (κ3) is 4.59. The minimum absolute atomic E-state index is 0.0583. The predicted octanol–water partition coefficient (Wildman–Crippen LogP) is 3.50. The van der Waals surface area contributed by atoms with Crippen LogP contribution < -0.4 is 11.1 Å². The highest BCUT2D eigenvalue weighted by Gasteiger charge is 2.78. The first-order valence-electron chi connectivity index (χ1n) is 13.9. The first kappa shape index (κ1) is 28.1. The number of nitrogens with zero attached hydrogens (tertiary/aromatic N) is 1. The topological polar surface area (TPSA) is 120 Å². The molecule has 3 heterocycles. The van der Waals surface area contributed by atoms with E-state index in [0.717, 1.165) is 25.7 Å². The Morgan fingerprint density at radius 3 is 2.31 bits per heavy atom. The molecule has 7 rings (SSSR count). The normalized spacial score (nSPS) is 34.7. The lowest BCUT2D eigenvalue weighted by atomic mass is 9.67. The molecule has 0 aromatic rings. The molecule has 3 atom stereocenters. The van der Waals surface area contributed by atoms with Crippen molar-refractivity contribution in [1.29, 1.82) is 0 Å². The molecular weight excluding hydrogens is 504 g/mol. The van der Waals surface area contributed by atoms with E-state index in [2.05, 4.69) is 5.32 Å². The van der Waals surface area contributed by atoms with Gasteiger partial charge in [-0.15, -0.1) is 0 Å². The molecule has 3 N–H and O–H groups in total. The maximum atomic E-state index is 15.4. The van der Waals surface area contributed by atoms with Crippen molar-refractivity contribution < 1.29 is 32.8 Å². The molecule has 4 aliphatic carbocycles. The zero-order valence-corrected chi connectivity index (χ0v) is 24.1. The standard InChI is InChI=1S/C28H41BFN3O6/c1-24(2,3)37-23(36)33-20(27-10-11-28(33,14-27)15-27)22(35)32-19(21(31)34)12-16-8-9-17(13-18(16)30)29-38-25(4,5)26(6,7)39-29/h8-9,18-20H,10-15H2,1-7H3,(H2,31,34)(H,32,35)/t18?,19-,20+,27?,28?/m0/s1. The van der Waals surface area contributed by atoms with Crippen LogP contribution in [0.4, 0.5) is 9.18 Å². The first-order chi connectivity index (χ1) is 17.9. The maximum Gasteiger partial charge on any atom is 0.490 e. The van der Waals surface area contributed by atoms with Crippen molar-refractivity contribution in [2.75, 3.05) is 0 Å². The summed E-state index contributed by atoms with van der Waals surface area (Å²) in [7, 11) is -0.653. The second-order valence-electron chi connectivity index (χ2n) is 14.1. The molecule has 3 amide bonds. The molecule has 3 saturated carbocycles. The van der Waals surface area contributed by atoms with Gasteiger partial charge in [0.05, 0.1) is 11.2 Å². The van der Waals surface area contributed by atoms with E-state index < -0.39 is 60.1 Å². The molecule has 0 aromatic carbocycles. The van der Waals surface area contributed by atoms with E-state index in [1.54, 1.807) is 37.8 Å². The van der Waals surface area contributed by atoms with Crippen LogP contribution in [-0.4, -0.2) is 70.5 Å². The minimum Gasteiger partial charge on any atom is -0.444 e. The number of hydrogen-bond donors (Lipinski definition) is 2. The second kappa shape index (κ2) is 8.80. The number of alkyl halides is 1. The van der Waals surface area contributed by atoms with E-state index in [4.69, 9.17) is 19.8 Å². The summed E-state index contributed by atoms with van der Waals surface area (Å²) in [5, 5.41) is 2.75. The van der Waals surface area contributed by atoms with Gasteiger partial charge in [-0.1, -0.05) is 12.2 Å². The second-order valence-corrected chi connectivity index (χ2v) is 14.1. The van der Waals surface area contributed by atoms with Gasteiger partial charge in [-0.05, 0) is 85.2 Å². The van der Waals surface area contributed by atoms with Gasteiger partial charge in [0.1, 0.15) is 23.9 Å². The average Bonchev–Trinajstić information content (AvgIpc) is 3.51. The van der Waals surface area contributed by atoms with Crippen LogP contribution in [0.2, 0.25) is 0 Å². The number of allylic oxidation sites excluding steroid dienone is 3. The largest absolute Gasteiger partial charge is 0.490 e. The summed E-state index contributed by atoms with van der Waals surface area (Å²) >= 11 is 0. The van der Waals surface area contributed by atoms with Gasteiger partial charge in [0.25, 0.3) is 0 Å². The third-order valence-electron chi connectivity index (χ3n) is 9.62. The van der Waals surface area contributed by atoms with Crippen molar-refractivity contribution in [3.63, 3.8) is 0 Å². The monoisotopic (exact) mass is 545 g/mol. The number of carbonyl (C=O) groups excluding carboxylic acids is 3.